The molecule has 1 atom stereocenters. The molecule has 0 spiro atoms. The highest BCUT2D eigenvalue weighted by atomic mass is 16.5. The van der Waals surface area contributed by atoms with Crippen molar-refractivity contribution in [3.63, 3.8) is 0 Å². The third-order valence-electron chi connectivity index (χ3n) is 2.71. The molecule has 0 aliphatic heterocycles. The SMILES string of the molecule is C#CCC(Cc1ccccc1OC)NCCC. The Bertz CT molecular complexity index is 367. The van der Waals surface area contributed by atoms with Gasteiger partial charge in [0.25, 0.3) is 0 Å². The van der Waals surface area contributed by atoms with Crippen molar-refractivity contribution in [3.8, 4) is 18.1 Å². The van der Waals surface area contributed by atoms with Gasteiger partial charge in [0.05, 0.1) is 7.11 Å². The molecule has 0 amide bonds. The van der Waals surface area contributed by atoms with Crippen LogP contribution >= 0.6 is 0 Å². The first-order chi connectivity index (χ1) is 8.31. The van der Waals surface area contributed by atoms with Crippen LogP contribution in [0, 0.1) is 12.3 Å². The van der Waals surface area contributed by atoms with Gasteiger partial charge in [-0.1, -0.05) is 25.1 Å². The summed E-state index contributed by atoms with van der Waals surface area (Å²) < 4.78 is 5.35. The van der Waals surface area contributed by atoms with E-state index in [1.54, 1.807) is 7.11 Å². The fourth-order valence-electron chi connectivity index (χ4n) is 1.84. The molecule has 0 aromatic heterocycles. The van der Waals surface area contributed by atoms with Gasteiger partial charge in [-0.3, -0.25) is 0 Å². The zero-order valence-corrected chi connectivity index (χ0v) is 10.7. The number of terminal acetylenes is 1. The minimum Gasteiger partial charge on any atom is -0.496 e. The van der Waals surface area contributed by atoms with Crippen LogP contribution in [0.2, 0.25) is 0 Å². The first-order valence-electron chi connectivity index (χ1n) is 6.10. The maximum absolute atomic E-state index is 5.40. The Morgan fingerprint density at radius 2 is 2.18 bits per heavy atom. The third kappa shape index (κ3) is 4.50. The van der Waals surface area contributed by atoms with Crippen LogP contribution in [0.5, 0.6) is 5.75 Å². The summed E-state index contributed by atoms with van der Waals surface area (Å²) >= 11 is 0. The molecule has 1 unspecified atom stereocenters. The molecule has 0 bridgehead atoms. The van der Waals surface area contributed by atoms with Gasteiger partial charge < -0.3 is 10.1 Å². The van der Waals surface area contributed by atoms with Gasteiger partial charge in [-0.2, -0.15) is 0 Å². The van der Waals surface area contributed by atoms with Crippen LogP contribution in [-0.2, 0) is 6.42 Å². The highest BCUT2D eigenvalue weighted by Crippen LogP contribution is 2.19. The molecule has 1 aromatic carbocycles. The summed E-state index contributed by atoms with van der Waals surface area (Å²) in [6.07, 6.45) is 8.18. The lowest BCUT2D eigenvalue weighted by atomic mass is 10.0. The van der Waals surface area contributed by atoms with E-state index in [4.69, 9.17) is 11.2 Å². The summed E-state index contributed by atoms with van der Waals surface area (Å²) in [5.41, 5.74) is 1.21. The van der Waals surface area contributed by atoms with E-state index in [0.29, 0.717) is 6.04 Å². The van der Waals surface area contributed by atoms with Crippen LogP contribution in [0.3, 0.4) is 0 Å². The Morgan fingerprint density at radius 3 is 2.82 bits per heavy atom. The average Bonchev–Trinajstić information content (AvgIpc) is 2.37. The molecule has 1 rings (SSSR count). The fourth-order valence-corrected chi connectivity index (χ4v) is 1.84. The monoisotopic (exact) mass is 231 g/mol. The Labute approximate surface area is 104 Å². The Hall–Kier alpha value is -1.46. The molecule has 17 heavy (non-hydrogen) atoms. The molecule has 0 saturated carbocycles. The Balaban J connectivity index is 2.68. The van der Waals surface area contributed by atoms with E-state index < -0.39 is 0 Å². The van der Waals surface area contributed by atoms with E-state index in [2.05, 4.69) is 24.2 Å². The van der Waals surface area contributed by atoms with Gasteiger partial charge in [-0.05, 0) is 31.0 Å². The van der Waals surface area contributed by atoms with Crippen LogP contribution < -0.4 is 10.1 Å². The maximum atomic E-state index is 5.40. The lowest BCUT2D eigenvalue weighted by Crippen LogP contribution is -2.31. The first kappa shape index (κ1) is 13.6. The Morgan fingerprint density at radius 1 is 1.41 bits per heavy atom. The van der Waals surface area contributed by atoms with Crippen LogP contribution in [0.25, 0.3) is 0 Å². The molecule has 0 saturated heterocycles. The number of para-hydroxylation sites is 1. The molecule has 0 fully saturated rings. The van der Waals surface area contributed by atoms with Crippen molar-refractivity contribution in [1.29, 1.82) is 0 Å². The second-order valence-corrected chi connectivity index (χ2v) is 4.08. The van der Waals surface area contributed by atoms with Gasteiger partial charge >= 0.3 is 0 Å². The number of hydrogen-bond donors (Lipinski definition) is 1. The first-order valence-corrected chi connectivity index (χ1v) is 6.10. The summed E-state index contributed by atoms with van der Waals surface area (Å²) in [4.78, 5) is 0. The number of hydrogen-bond acceptors (Lipinski definition) is 2. The van der Waals surface area contributed by atoms with E-state index in [9.17, 15) is 0 Å². The smallest absolute Gasteiger partial charge is 0.122 e. The molecule has 0 aliphatic carbocycles. The number of rotatable bonds is 7. The standard InChI is InChI=1S/C15H21NO/c1-4-8-14(16-11-5-2)12-13-9-6-7-10-15(13)17-3/h1,6-7,9-10,14,16H,5,8,11-12H2,2-3H3. The topological polar surface area (TPSA) is 21.3 Å². The highest BCUT2D eigenvalue weighted by Gasteiger charge is 2.10. The summed E-state index contributed by atoms with van der Waals surface area (Å²) in [6, 6.07) is 8.43. The predicted octanol–water partition coefficient (Wildman–Crippen LogP) is 2.63. The summed E-state index contributed by atoms with van der Waals surface area (Å²) in [6.45, 7) is 3.16. The van der Waals surface area contributed by atoms with Gasteiger partial charge in [0.15, 0.2) is 0 Å². The van der Waals surface area contributed by atoms with Gasteiger partial charge in [-0.25, -0.2) is 0 Å². The van der Waals surface area contributed by atoms with E-state index >= 15 is 0 Å². The van der Waals surface area contributed by atoms with E-state index in [-0.39, 0.29) is 0 Å². The van der Waals surface area contributed by atoms with E-state index in [1.807, 2.05) is 18.2 Å². The predicted molar refractivity (Wildman–Crippen MR) is 72.2 cm³/mol. The summed E-state index contributed by atoms with van der Waals surface area (Å²) in [5.74, 6) is 3.67. The minimum absolute atomic E-state index is 0.330. The van der Waals surface area contributed by atoms with Crippen molar-refractivity contribution in [2.24, 2.45) is 0 Å². The summed E-state index contributed by atoms with van der Waals surface area (Å²) in [5, 5.41) is 3.47. The lowest BCUT2D eigenvalue weighted by molar-refractivity contribution is 0.405. The Kier molecular flexibility index (Phi) is 6.21. The quantitative estimate of drug-likeness (QED) is 0.728. The van der Waals surface area contributed by atoms with E-state index in [1.165, 1.54) is 5.56 Å². The molecule has 0 aliphatic rings. The zero-order chi connectivity index (χ0) is 12.5. The number of methoxy groups -OCH3 is 1. The van der Waals surface area contributed by atoms with Crippen LogP contribution in [-0.4, -0.2) is 19.7 Å². The van der Waals surface area contributed by atoms with E-state index in [0.717, 1.165) is 31.6 Å². The lowest BCUT2D eigenvalue weighted by Gasteiger charge is -2.17. The van der Waals surface area contributed by atoms with Crippen molar-refractivity contribution in [2.75, 3.05) is 13.7 Å². The molecular formula is C15H21NO. The van der Waals surface area contributed by atoms with Crippen molar-refractivity contribution >= 4 is 0 Å². The summed E-state index contributed by atoms with van der Waals surface area (Å²) in [7, 11) is 1.70. The number of nitrogens with one attached hydrogen (secondary N) is 1. The van der Waals surface area contributed by atoms with Crippen molar-refractivity contribution in [2.45, 2.75) is 32.2 Å². The molecule has 1 aromatic rings. The molecule has 0 radical (unpaired) electrons. The normalized spacial score (nSPS) is 11.8. The third-order valence-corrected chi connectivity index (χ3v) is 2.71. The molecule has 92 valence electrons. The van der Waals surface area contributed by atoms with Crippen molar-refractivity contribution in [3.05, 3.63) is 29.8 Å². The minimum atomic E-state index is 0.330. The second-order valence-electron chi connectivity index (χ2n) is 4.08. The molecule has 0 heterocycles. The fraction of sp³-hybridized carbons (Fsp3) is 0.467. The van der Waals surface area contributed by atoms with Gasteiger partial charge in [0.1, 0.15) is 5.75 Å². The molecule has 2 nitrogen and oxygen atoms in total. The van der Waals surface area contributed by atoms with Crippen molar-refractivity contribution < 1.29 is 4.74 Å². The van der Waals surface area contributed by atoms with Gasteiger partial charge in [-0.15, -0.1) is 12.3 Å². The highest BCUT2D eigenvalue weighted by molar-refractivity contribution is 5.34. The number of ether oxygens (including phenoxy) is 1. The average molecular weight is 231 g/mol. The second kappa shape index (κ2) is 7.76. The molecular weight excluding hydrogens is 210 g/mol. The zero-order valence-electron chi connectivity index (χ0n) is 10.7. The van der Waals surface area contributed by atoms with Crippen LogP contribution in [0.1, 0.15) is 25.3 Å². The van der Waals surface area contributed by atoms with Crippen LogP contribution in [0.15, 0.2) is 24.3 Å². The number of benzene rings is 1. The maximum Gasteiger partial charge on any atom is 0.122 e. The molecule has 1 N–H and O–H groups in total. The molecule has 2 heteroatoms. The van der Waals surface area contributed by atoms with Gasteiger partial charge in [0.2, 0.25) is 0 Å². The largest absolute Gasteiger partial charge is 0.496 e. The van der Waals surface area contributed by atoms with Crippen LogP contribution in [0.4, 0.5) is 0 Å². The van der Waals surface area contributed by atoms with Gasteiger partial charge in [0, 0.05) is 12.5 Å². The van der Waals surface area contributed by atoms with Crippen molar-refractivity contribution in [1.82, 2.24) is 5.32 Å².